The van der Waals surface area contributed by atoms with Crippen molar-refractivity contribution >= 4 is 0 Å². The minimum Gasteiger partial charge on any atom is -0.477 e. The average molecular weight is 367 g/mol. The molecule has 150 valence electrons. The van der Waals surface area contributed by atoms with E-state index in [1.165, 1.54) is 0 Å². The molecule has 1 rings (SSSR count). The first-order chi connectivity index (χ1) is 12.7. The third-order valence-electron chi connectivity index (χ3n) is 4.59. The Morgan fingerprint density at radius 1 is 0.731 bits per heavy atom. The minimum absolute atomic E-state index is 0.551. The zero-order chi connectivity index (χ0) is 19.0. The van der Waals surface area contributed by atoms with Crippen LogP contribution in [0.25, 0.3) is 0 Å². The van der Waals surface area contributed by atoms with Gasteiger partial charge in [0.25, 0.3) is 0 Å². The second kappa shape index (κ2) is 14.7. The Kier molecular flexibility index (Phi) is 12.8. The monoisotopic (exact) mass is 366 g/mol. The maximum Gasteiger partial charge on any atom is 0.233 e. The lowest BCUT2D eigenvalue weighted by atomic mass is 10.2. The molecule has 6 heteroatoms. The zero-order valence-electron chi connectivity index (χ0n) is 17.1. The highest BCUT2D eigenvalue weighted by atomic mass is 16.5. The molecule has 1 aromatic rings. The summed E-state index contributed by atoms with van der Waals surface area (Å²) in [6.07, 6.45) is 6.58. The van der Waals surface area contributed by atoms with Crippen molar-refractivity contribution in [3.05, 3.63) is 12.1 Å². The SMILES string of the molecule is CCC(CC)NCCCOc1ccc(OCCCNC(CC)CC)nn1. The Hall–Kier alpha value is -1.40. The molecule has 0 atom stereocenters. The van der Waals surface area contributed by atoms with Crippen LogP contribution >= 0.6 is 0 Å². The highest BCUT2D eigenvalue weighted by Crippen LogP contribution is 2.10. The summed E-state index contributed by atoms with van der Waals surface area (Å²) < 4.78 is 11.2. The molecule has 1 heterocycles. The highest BCUT2D eigenvalue weighted by Gasteiger charge is 2.03. The zero-order valence-corrected chi connectivity index (χ0v) is 17.1. The fraction of sp³-hybridized carbons (Fsp3) is 0.800. The molecule has 0 spiro atoms. The maximum absolute atomic E-state index is 5.62. The molecule has 0 aromatic carbocycles. The highest BCUT2D eigenvalue weighted by molar-refractivity contribution is 5.15. The van der Waals surface area contributed by atoms with Gasteiger partial charge >= 0.3 is 0 Å². The first-order valence-electron chi connectivity index (χ1n) is 10.3. The molecule has 0 amide bonds. The van der Waals surface area contributed by atoms with Crippen LogP contribution in [-0.4, -0.2) is 48.6 Å². The molecule has 2 N–H and O–H groups in total. The summed E-state index contributed by atoms with van der Waals surface area (Å²) in [4.78, 5) is 0. The van der Waals surface area contributed by atoms with Crippen molar-refractivity contribution < 1.29 is 9.47 Å². The van der Waals surface area contributed by atoms with Crippen molar-refractivity contribution in [3.63, 3.8) is 0 Å². The van der Waals surface area contributed by atoms with Crippen LogP contribution in [0.5, 0.6) is 11.8 Å². The molecule has 0 saturated heterocycles. The van der Waals surface area contributed by atoms with Crippen LogP contribution in [-0.2, 0) is 0 Å². The Morgan fingerprint density at radius 2 is 1.12 bits per heavy atom. The van der Waals surface area contributed by atoms with Gasteiger partial charge in [-0.05, 0) is 51.6 Å². The van der Waals surface area contributed by atoms with Gasteiger partial charge in [-0.25, -0.2) is 0 Å². The van der Waals surface area contributed by atoms with Crippen LogP contribution in [0.3, 0.4) is 0 Å². The molecular formula is C20H38N4O2. The van der Waals surface area contributed by atoms with Gasteiger partial charge in [0.05, 0.1) is 13.2 Å². The van der Waals surface area contributed by atoms with Crippen LogP contribution < -0.4 is 20.1 Å². The van der Waals surface area contributed by atoms with Gasteiger partial charge in [-0.3, -0.25) is 0 Å². The van der Waals surface area contributed by atoms with E-state index in [2.05, 4.69) is 48.5 Å². The van der Waals surface area contributed by atoms with E-state index in [1.807, 2.05) is 12.1 Å². The van der Waals surface area contributed by atoms with Crippen molar-refractivity contribution in [1.82, 2.24) is 20.8 Å². The molecular weight excluding hydrogens is 328 g/mol. The summed E-state index contributed by atoms with van der Waals surface area (Å²) in [6, 6.07) is 4.85. The molecule has 6 nitrogen and oxygen atoms in total. The maximum atomic E-state index is 5.62. The number of hydrogen-bond donors (Lipinski definition) is 2. The Bertz CT molecular complexity index is 393. The molecule has 0 fully saturated rings. The number of nitrogens with zero attached hydrogens (tertiary/aromatic N) is 2. The fourth-order valence-electron chi connectivity index (χ4n) is 2.73. The van der Waals surface area contributed by atoms with Crippen molar-refractivity contribution in [2.75, 3.05) is 26.3 Å². The molecule has 0 unspecified atom stereocenters. The normalized spacial score (nSPS) is 11.3. The Labute approximate surface area is 159 Å². The first-order valence-corrected chi connectivity index (χ1v) is 10.3. The molecule has 26 heavy (non-hydrogen) atoms. The molecule has 1 aromatic heterocycles. The van der Waals surface area contributed by atoms with Crippen LogP contribution in [0.1, 0.15) is 66.2 Å². The summed E-state index contributed by atoms with van der Waals surface area (Å²) in [7, 11) is 0. The summed E-state index contributed by atoms with van der Waals surface area (Å²) >= 11 is 0. The van der Waals surface area contributed by atoms with Gasteiger partial charge in [0.1, 0.15) is 0 Å². The van der Waals surface area contributed by atoms with Crippen molar-refractivity contribution in [2.24, 2.45) is 0 Å². The van der Waals surface area contributed by atoms with Gasteiger partial charge in [-0.2, -0.15) is 0 Å². The number of nitrogens with one attached hydrogen (secondary N) is 2. The van der Waals surface area contributed by atoms with Gasteiger partial charge in [-0.1, -0.05) is 27.7 Å². The fourth-order valence-corrected chi connectivity index (χ4v) is 2.73. The van der Waals surface area contributed by atoms with E-state index in [1.54, 1.807) is 0 Å². The van der Waals surface area contributed by atoms with Gasteiger partial charge in [0, 0.05) is 24.2 Å². The first kappa shape index (κ1) is 22.6. The van der Waals surface area contributed by atoms with Crippen LogP contribution in [0, 0.1) is 0 Å². The van der Waals surface area contributed by atoms with E-state index >= 15 is 0 Å². The Balaban J connectivity index is 2.11. The summed E-state index contributed by atoms with van der Waals surface area (Å²) in [5.41, 5.74) is 0. The number of ether oxygens (including phenoxy) is 2. The van der Waals surface area contributed by atoms with Gasteiger partial charge < -0.3 is 20.1 Å². The van der Waals surface area contributed by atoms with Gasteiger partial charge in [-0.15, -0.1) is 10.2 Å². The molecule has 0 aliphatic heterocycles. The second-order valence-electron chi connectivity index (χ2n) is 6.55. The number of rotatable bonds is 16. The van der Waals surface area contributed by atoms with Crippen LogP contribution in [0.4, 0.5) is 0 Å². The lowest BCUT2D eigenvalue weighted by Crippen LogP contribution is -2.29. The van der Waals surface area contributed by atoms with E-state index in [-0.39, 0.29) is 0 Å². The van der Waals surface area contributed by atoms with Crippen molar-refractivity contribution in [3.8, 4) is 11.8 Å². The molecule has 0 radical (unpaired) electrons. The predicted octanol–water partition coefficient (Wildman–Crippen LogP) is 3.57. The second-order valence-corrected chi connectivity index (χ2v) is 6.55. The standard InChI is InChI=1S/C20H38N4O2/c1-5-17(6-2)21-13-9-15-25-19-11-12-20(24-23-19)26-16-10-14-22-18(7-3)8-4/h11-12,17-18,21-22H,5-10,13-16H2,1-4H3. The number of aromatic nitrogens is 2. The minimum atomic E-state index is 0.551. The van der Waals surface area contributed by atoms with E-state index in [0.29, 0.717) is 37.1 Å². The molecule has 0 aliphatic rings. The Morgan fingerprint density at radius 3 is 1.42 bits per heavy atom. The summed E-state index contributed by atoms with van der Waals surface area (Å²) in [5.74, 6) is 1.10. The summed E-state index contributed by atoms with van der Waals surface area (Å²) in [5, 5.41) is 15.2. The van der Waals surface area contributed by atoms with E-state index < -0.39 is 0 Å². The molecule has 0 bridgehead atoms. The number of hydrogen-bond acceptors (Lipinski definition) is 6. The largest absolute Gasteiger partial charge is 0.477 e. The lowest BCUT2D eigenvalue weighted by molar-refractivity contribution is 0.273. The molecule has 0 aliphatic carbocycles. The van der Waals surface area contributed by atoms with Gasteiger partial charge in [0.2, 0.25) is 11.8 Å². The lowest BCUT2D eigenvalue weighted by Gasteiger charge is -2.14. The van der Waals surface area contributed by atoms with E-state index in [0.717, 1.165) is 51.6 Å². The van der Waals surface area contributed by atoms with E-state index in [4.69, 9.17) is 9.47 Å². The summed E-state index contributed by atoms with van der Waals surface area (Å²) in [6.45, 7) is 12.0. The smallest absolute Gasteiger partial charge is 0.233 e. The van der Waals surface area contributed by atoms with Crippen LogP contribution in [0.15, 0.2) is 12.1 Å². The molecule has 0 saturated carbocycles. The van der Waals surface area contributed by atoms with Gasteiger partial charge in [0.15, 0.2) is 0 Å². The quantitative estimate of drug-likeness (QED) is 0.436. The van der Waals surface area contributed by atoms with Crippen molar-refractivity contribution in [1.29, 1.82) is 0 Å². The third kappa shape index (κ3) is 9.92. The van der Waals surface area contributed by atoms with Crippen LogP contribution in [0.2, 0.25) is 0 Å². The van der Waals surface area contributed by atoms with Crippen molar-refractivity contribution in [2.45, 2.75) is 78.3 Å². The topological polar surface area (TPSA) is 68.3 Å². The third-order valence-corrected chi connectivity index (χ3v) is 4.59. The predicted molar refractivity (Wildman–Crippen MR) is 107 cm³/mol. The van der Waals surface area contributed by atoms with E-state index in [9.17, 15) is 0 Å². The average Bonchev–Trinajstić information content (AvgIpc) is 2.68.